The van der Waals surface area contributed by atoms with Crippen LogP contribution in [0.25, 0.3) is 10.9 Å². The summed E-state index contributed by atoms with van der Waals surface area (Å²) in [6.07, 6.45) is 1.95. The van der Waals surface area contributed by atoms with Crippen LogP contribution in [0.2, 0.25) is 0 Å². The lowest BCUT2D eigenvalue weighted by Gasteiger charge is -2.14. The topological polar surface area (TPSA) is 42.7 Å². The molecule has 0 radical (unpaired) electrons. The van der Waals surface area contributed by atoms with Crippen LogP contribution >= 0.6 is 0 Å². The number of aryl methyl sites for hydroxylation is 1. The van der Waals surface area contributed by atoms with E-state index in [4.69, 9.17) is 0 Å². The van der Waals surface area contributed by atoms with Crippen LogP contribution in [0.15, 0.2) is 42.6 Å². The van der Waals surface area contributed by atoms with E-state index in [2.05, 4.69) is 27.5 Å². The standard InChI is InChI=1S/C16H17FN4/c1-18-15(13-8-7-11(17)10-19-13)9-14-12-5-3-4-6-16(12)21(2)20-14/h3-8,10,15,18H,9H2,1-2H3. The Hall–Kier alpha value is -2.27. The van der Waals surface area contributed by atoms with E-state index < -0.39 is 0 Å². The summed E-state index contributed by atoms with van der Waals surface area (Å²) in [4.78, 5) is 4.16. The second-order valence-corrected chi connectivity index (χ2v) is 5.03. The molecule has 0 spiro atoms. The maximum absolute atomic E-state index is 13.0. The minimum absolute atomic E-state index is 0.00362. The zero-order valence-electron chi connectivity index (χ0n) is 12.0. The van der Waals surface area contributed by atoms with Crippen molar-refractivity contribution in [3.05, 3.63) is 59.8 Å². The first kappa shape index (κ1) is 13.7. The molecule has 3 aromatic rings. The lowest BCUT2D eigenvalue weighted by atomic mass is 10.0. The molecule has 4 nitrogen and oxygen atoms in total. The van der Waals surface area contributed by atoms with Crippen molar-refractivity contribution in [1.82, 2.24) is 20.1 Å². The number of likely N-dealkylation sites (N-methyl/N-ethyl adjacent to an activating group) is 1. The second kappa shape index (κ2) is 5.61. The highest BCUT2D eigenvalue weighted by atomic mass is 19.1. The van der Waals surface area contributed by atoms with Gasteiger partial charge in [0.2, 0.25) is 0 Å². The predicted molar refractivity (Wildman–Crippen MR) is 80.4 cm³/mol. The van der Waals surface area contributed by atoms with Gasteiger partial charge in [-0.05, 0) is 25.2 Å². The van der Waals surface area contributed by atoms with Crippen molar-refractivity contribution in [1.29, 1.82) is 0 Å². The highest BCUT2D eigenvalue weighted by molar-refractivity contribution is 5.81. The number of halogens is 1. The van der Waals surface area contributed by atoms with Crippen molar-refractivity contribution in [2.75, 3.05) is 7.05 Å². The van der Waals surface area contributed by atoms with E-state index in [1.807, 2.05) is 30.9 Å². The molecule has 1 aromatic carbocycles. The van der Waals surface area contributed by atoms with Gasteiger partial charge in [-0.2, -0.15) is 5.10 Å². The summed E-state index contributed by atoms with van der Waals surface area (Å²) in [6, 6.07) is 11.3. The molecule has 0 bridgehead atoms. The van der Waals surface area contributed by atoms with Crippen LogP contribution in [0.3, 0.4) is 0 Å². The van der Waals surface area contributed by atoms with Crippen LogP contribution < -0.4 is 5.32 Å². The van der Waals surface area contributed by atoms with Gasteiger partial charge in [-0.25, -0.2) is 4.39 Å². The molecule has 2 aromatic heterocycles. The van der Waals surface area contributed by atoms with Crippen LogP contribution in [0.5, 0.6) is 0 Å². The first-order valence-electron chi connectivity index (χ1n) is 6.88. The number of nitrogens with zero attached hydrogens (tertiary/aromatic N) is 3. The molecule has 108 valence electrons. The summed E-state index contributed by atoms with van der Waals surface area (Å²) in [5.41, 5.74) is 2.93. The summed E-state index contributed by atoms with van der Waals surface area (Å²) in [7, 11) is 3.82. The number of nitrogens with one attached hydrogen (secondary N) is 1. The van der Waals surface area contributed by atoms with Gasteiger partial charge in [-0.15, -0.1) is 0 Å². The highest BCUT2D eigenvalue weighted by Gasteiger charge is 2.16. The zero-order valence-corrected chi connectivity index (χ0v) is 12.0. The van der Waals surface area contributed by atoms with E-state index in [9.17, 15) is 4.39 Å². The van der Waals surface area contributed by atoms with E-state index >= 15 is 0 Å². The number of hydrogen-bond acceptors (Lipinski definition) is 3. The molecule has 21 heavy (non-hydrogen) atoms. The lowest BCUT2D eigenvalue weighted by Crippen LogP contribution is -2.20. The van der Waals surface area contributed by atoms with E-state index in [1.165, 1.54) is 12.3 Å². The second-order valence-electron chi connectivity index (χ2n) is 5.03. The number of benzene rings is 1. The van der Waals surface area contributed by atoms with Gasteiger partial charge in [0.05, 0.1) is 29.1 Å². The predicted octanol–water partition coefficient (Wildman–Crippen LogP) is 2.61. The van der Waals surface area contributed by atoms with Gasteiger partial charge >= 0.3 is 0 Å². The van der Waals surface area contributed by atoms with E-state index in [0.29, 0.717) is 6.42 Å². The van der Waals surface area contributed by atoms with Gasteiger partial charge in [-0.3, -0.25) is 9.67 Å². The number of aromatic nitrogens is 3. The van der Waals surface area contributed by atoms with Crippen molar-refractivity contribution >= 4 is 10.9 Å². The molecule has 0 saturated heterocycles. The number of para-hydroxylation sites is 1. The zero-order chi connectivity index (χ0) is 14.8. The third-order valence-corrected chi connectivity index (χ3v) is 3.69. The van der Waals surface area contributed by atoms with Gasteiger partial charge in [-0.1, -0.05) is 18.2 Å². The molecule has 0 amide bonds. The molecular weight excluding hydrogens is 267 g/mol. The Labute approximate surface area is 122 Å². The molecular formula is C16H17FN4. The van der Waals surface area contributed by atoms with E-state index in [-0.39, 0.29) is 11.9 Å². The van der Waals surface area contributed by atoms with Crippen LogP contribution in [0, 0.1) is 5.82 Å². The van der Waals surface area contributed by atoms with Gasteiger partial charge in [0.1, 0.15) is 5.82 Å². The number of fused-ring (bicyclic) bond motifs is 1. The molecule has 3 rings (SSSR count). The molecule has 5 heteroatoms. The van der Waals surface area contributed by atoms with Crippen molar-refractivity contribution < 1.29 is 4.39 Å². The van der Waals surface area contributed by atoms with Gasteiger partial charge in [0.15, 0.2) is 0 Å². The summed E-state index contributed by atoms with van der Waals surface area (Å²) < 4.78 is 14.9. The molecule has 0 fully saturated rings. The van der Waals surface area contributed by atoms with Crippen molar-refractivity contribution in [2.45, 2.75) is 12.5 Å². The minimum Gasteiger partial charge on any atom is -0.311 e. The van der Waals surface area contributed by atoms with Crippen LogP contribution in [0.4, 0.5) is 4.39 Å². The summed E-state index contributed by atoms with van der Waals surface area (Å²) in [5, 5.41) is 8.96. The Morgan fingerprint density at radius 2 is 2.05 bits per heavy atom. The third kappa shape index (κ3) is 2.64. The maximum Gasteiger partial charge on any atom is 0.141 e. The third-order valence-electron chi connectivity index (χ3n) is 3.69. The van der Waals surface area contributed by atoms with E-state index in [0.717, 1.165) is 22.3 Å². The fourth-order valence-electron chi connectivity index (χ4n) is 2.58. The molecule has 0 aliphatic heterocycles. The van der Waals surface area contributed by atoms with E-state index in [1.54, 1.807) is 6.07 Å². The first-order valence-corrected chi connectivity index (χ1v) is 6.88. The van der Waals surface area contributed by atoms with Crippen LogP contribution in [0.1, 0.15) is 17.4 Å². The largest absolute Gasteiger partial charge is 0.311 e. The Morgan fingerprint density at radius 3 is 2.76 bits per heavy atom. The highest BCUT2D eigenvalue weighted by Crippen LogP contribution is 2.22. The quantitative estimate of drug-likeness (QED) is 0.801. The Kier molecular flexibility index (Phi) is 3.66. The molecule has 0 aliphatic carbocycles. The number of rotatable bonds is 4. The van der Waals surface area contributed by atoms with Gasteiger partial charge < -0.3 is 5.32 Å². The lowest BCUT2D eigenvalue weighted by molar-refractivity contribution is 0.557. The Bertz CT molecular complexity index is 749. The summed E-state index contributed by atoms with van der Waals surface area (Å²) in [6.45, 7) is 0. The monoisotopic (exact) mass is 284 g/mol. The summed E-state index contributed by atoms with van der Waals surface area (Å²) >= 11 is 0. The van der Waals surface area contributed by atoms with Crippen molar-refractivity contribution in [3.8, 4) is 0 Å². The van der Waals surface area contributed by atoms with Crippen LogP contribution in [-0.4, -0.2) is 21.8 Å². The Morgan fingerprint density at radius 1 is 1.24 bits per heavy atom. The molecule has 0 aliphatic rings. The smallest absolute Gasteiger partial charge is 0.141 e. The molecule has 1 unspecified atom stereocenters. The van der Waals surface area contributed by atoms with Gasteiger partial charge in [0.25, 0.3) is 0 Å². The normalized spacial score (nSPS) is 12.7. The molecule has 0 saturated carbocycles. The summed E-state index contributed by atoms with van der Waals surface area (Å²) in [5.74, 6) is -0.322. The van der Waals surface area contributed by atoms with Crippen molar-refractivity contribution in [3.63, 3.8) is 0 Å². The fraction of sp³-hybridized carbons (Fsp3) is 0.250. The minimum atomic E-state index is -0.322. The maximum atomic E-state index is 13.0. The van der Waals surface area contributed by atoms with Crippen LogP contribution in [-0.2, 0) is 13.5 Å². The molecule has 1 N–H and O–H groups in total. The SMILES string of the molecule is CNC(Cc1nn(C)c2ccccc12)c1ccc(F)cn1. The molecule has 1 atom stereocenters. The average molecular weight is 284 g/mol. The fourth-order valence-corrected chi connectivity index (χ4v) is 2.58. The number of hydrogen-bond donors (Lipinski definition) is 1. The Balaban J connectivity index is 1.94. The number of pyridine rings is 1. The van der Waals surface area contributed by atoms with Crippen molar-refractivity contribution in [2.24, 2.45) is 7.05 Å². The molecule has 2 heterocycles. The average Bonchev–Trinajstić information content (AvgIpc) is 2.83. The van der Waals surface area contributed by atoms with Gasteiger partial charge in [0, 0.05) is 18.9 Å². The first-order chi connectivity index (χ1) is 10.2.